The fraction of sp³-hybridized carbons (Fsp3) is 0.800. The van der Waals surface area contributed by atoms with Crippen molar-refractivity contribution in [2.75, 3.05) is 0 Å². The van der Waals surface area contributed by atoms with Crippen LogP contribution in [0.1, 0.15) is 20.8 Å². The van der Waals surface area contributed by atoms with Crippen molar-refractivity contribution in [1.29, 1.82) is 0 Å². The van der Waals surface area contributed by atoms with E-state index >= 15 is 0 Å². The number of hydrogen-bond acceptors (Lipinski definition) is 5. The van der Waals surface area contributed by atoms with Gasteiger partial charge < -0.3 is 0 Å². The molecule has 0 atom stereocenters. The van der Waals surface area contributed by atoms with Crippen LogP contribution in [-0.4, -0.2) is 21.7 Å². The van der Waals surface area contributed by atoms with Gasteiger partial charge in [-0.3, -0.25) is 0 Å². The Kier molecular flexibility index (Phi) is 3.40. The number of hydrogen-bond donors (Lipinski definition) is 4. The zero-order valence-corrected chi connectivity index (χ0v) is 7.65. The third kappa shape index (κ3) is 4.09. The fourth-order valence-electron chi connectivity index (χ4n) is 0.549. The van der Waals surface area contributed by atoms with Crippen LogP contribution < -0.4 is 23.4 Å². The first-order chi connectivity index (χ1) is 5.24. The predicted octanol–water partition coefficient (Wildman–Crippen LogP) is -1.76. The molecule has 0 aliphatic rings. The molecule has 0 aliphatic heterocycles. The molecule has 0 aliphatic carbocycles. The summed E-state index contributed by atoms with van der Waals surface area (Å²) < 4.78 is 0. The Morgan fingerprint density at radius 3 is 1.42 bits per heavy atom. The molecule has 0 fully saturated rings. The van der Waals surface area contributed by atoms with Crippen molar-refractivity contribution < 1.29 is 0 Å². The maximum atomic E-state index is 5.22. The van der Waals surface area contributed by atoms with Crippen molar-refractivity contribution in [2.45, 2.75) is 26.3 Å². The first-order valence-electron chi connectivity index (χ1n) is 3.43. The van der Waals surface area contributed by atoms with E-state index in [0.717, 1.165) is 10.2 Å². The minimum Gasteiger partial charge on any atom is -0.243 e. The van der Waals surface area contributed by atoms with E-state index in [1.807, 2.05) is 20.8 Å². The number of nitrogens with zero attached hydrogens (tertiary/aromatic N) is 3. The molecule has 0 aromatic rings. The highest BCUT2D eigenvalue weighted by Gasteiger charge is 2.14. The molecule has 0 rings (SSSR count). The maximum Gasteiger partial charge on any atom is 0.256 e. The molecule has 7 nitrogen and oxygen atoms in total. The molecule has 0 saturated heterocycles. The highest BCUT2D eigenvalue weighted by Crippen LogP contribution is 2.06. The van der Waals surface area contributed by atoms with Crippen molar-refractivity contribution in [2.24, 2.45) is 28.4 Å². The Morgan fingerprint density at radius 1 is 1.00 bits per heavy atom. The monoisotopic (exact) mass is 175 g/mol. The maximum absolute atomic E-state index is 5.22. The Hall–Kier alpha value is -0.890. The van der Waals surface area contributed by atoms with E-state index in [1.54, 1.807) is 0 Å². The van der Waals surface area contributed by atoms with Crippen LogP contribution in [0.2, 0.25) is 0 Å². The van der Waals surface area contributed by atoms with E-state index in [9.17, 15) is 0 Å². The van der Waals surface area contributed by atoms with Crippen LogP contribution in [0.15, 0.2) is 4.99 Å². The van der Waals surface area contributed by atoms with Gasteiger partial charge in [-0.1, -0.05) is 0 Å². The van der Waals surface area contributed by atoms with Gasteiger partial charge in [-0.05, 0) is 20.8 Å². The molecule has 0 aromatic carbocycles. The van der Waals surface area contributed by atoms with E-state index < -0.39 is 0 Å². The molecule has 7 heteroatoms. The van der Waals surface area contributed by atoms with Gasteiger partial charge in [0.1, 0.15) is 0 Å². The average Bonchev–Trinajstić information content (AvgIpc) is 1.79. The molecule has 0 bridgehead atoms. The van der Waals surface area contributed by atoms with Gasteiger partial charge in [0, 0.05) is 0 Å². The van der Waals surface area contributed by atoms with E-state index in [4.69, 9.17) is 23.4 Å². The van der Waals surface area contributed by atoms with Crippen LogP contribution in [0.5, 0.6) is 0 Å². The molecular weight excluding hydrogens is 158 g/mol. The van der Waals surface area contributed by atoms with Gasteiger partial charge in [0.05, 0.1) is 5.54 Å². The summed E-state index contributed by atoms with van der Waals surface area (Å²) in [5.74, 6) is 21.0. The molecule has 0 amide bonds. The van der Waals surface area contributed by atoms with Gasteiger partial charge in [0.15, 0.2) is 0 Å². The molecular formula is C5H17N7. The first kappa shape index (κ1) is 11.1. The minimum absolute atomic E-state index is 0.113. The molecule has 0 aromatic heterocycles. The number of rotatable bonds is 0. The van der Waals surface area contributed by atoms with E-state index in [-0.39, 0.29) is 11.5 Å². The predicted molar refractivity (Wildman–Crippen MR) is 47.6 cm³/mol. The fourth-order valence-corrected chi connectivity index (χ4v) is 0.549. The molecule has 72 valence electrons. The molecule has 0 spiro atoms. The van der Waals surface area contributed by atoms with Gasteiger partial charge in [-0.25, -0.2) is 38.6 Å². The summed E-state index contributed by atoms with van der Waals surface area (Å²) in [5.41, 5.74) is -0.330. The number of aliphatic imine (C=N–C) groups is 1. The lowest BCUT2D eigenvalue weighted by Gasteiger charge is -2.23. The highest BCUT2D eigenvalue weighted by atomic mass is 15.8. The second-order valence-electron chi connectivity index (χ2n) is 3.40. The number of nitrogens with two attached hydrogens (primary N) is 4. The third-order valence-corrected chi connectivity index (χ3v) is 0.897. The van der Waals surface area contributed by atoms with E-state index in [0.29, 0.717) is 0 Å². The lowest BCUT2D eigenvalue weighted by Crippen LogP contribution is -2.58. The zero-order chi connectivity index (χ0) is 9.94. The number of guanidine groups is 1. The SMILES string of the molecule is CC(C)(C)N=C(N(N)N)N(N)N. The van der Waals surface area contributed by atoms with Crippen LogP contribution in [0.3, 0.4) is 0 Å². The largest absolute Gasteiger partial charge is 0.256 e. The zero-order valence-electron chi connectivity index (χ0n) is 7.65. The minimum atomic E-state index is -0.330. The molecule has 0 heterocycles. The van der Waals surface area contributed by atoms with Gasteiger partial charge in [0.25, 0.3) is 5.96 Å². The Bertz CT molecular complexity index is 155. The molecule has 8 N–H and O–H groups in total. The average molecular weight is 175 g/mol. The Labute approximate surface area is 71.9 Å². The standard InChI is InChI=1S/C5H17N7/c1-5(2,3)10-4(11(6)7)12(8)9/h6-9H2,1-3H3. The van der Waals surface area contributed by atoms with Gasteiger partial charge in [-0.15, -0.1) is 0 Å². The smallest absolute Gasteiger partial charge is 0.243 e. The summed E-state index contributed by atoms with van der Waals surface area (Å²) >= 11 is 0. The summed E-state index contributed by atoms with van der Waals surface area (Å²) in [5, 5.41) is 1.54. The first-order valence-corrected chi connectivity index (χ1v) is 3.43. The van der Waals surface area contributed by atoms with Crippen molar-refractivity contribution in [3.05, 3.63) is 0 Å². The second kappa shape index (κ2) is 3.68. The van der Waals surface area contributed by atoms with E-state index in [2.05, 4.69) is 4.99 Å². The normalized spacial score (nSPS) is 10.9. The Balaban J connectivity index is 4.63. The van der Waals surface area contributed by atoms with Crippen molar-refractivity contribution in [3.63, 3.8) is 0 Å². The molecule has 0 radical (unpaired) electrons. The molecule has 0 unspecified atom stereocenters. The van der Waals surface area contributed by atoms with Crippen LogP contribution >= 0.6 is 0 Å². The summed E-state index contributed by atoms with van der Waals surface area (Å²) in [4.78, 5) is 4.08. The van der Waals surface area contributed by atoms with Gasteiger partial charge in [-0.2, -0.15) is 0 Å². The molecule has 0 saturated carbocycles. The van der Waals surface area contributed by atoms with Gasteiger partial charge >= 0.3 is 0 Å². The number of hydrazine groups is 4. The Morgan fingerprint density at radius 2 is 1.33 bits per heavy atom. The lowest BCUT2D eigenvalue weighted by molar-refractivity contribution is 0.331. The van der Waals surface area contributed by atoms with Crippen LogP contribution in [0.4, 0.5) is 0 Å². The van der Waals surface area contributed by atoms with Crippen LogP contribution in [-0.2, 0) is 0 Å². The summed E-state index contributed by atoms with van der Waals surface area (Å²) in [6.07, 6.45) is 0. The van der Waals surface area contributed by atoms with Crippen molar-refractivity contribution >= 4 is 5.96 Å². The van der Waals surface area contributed by atoms with Crippen LogP contribution in [0, 0.1) is 0 Å². The third-order valence-electron chi connectivity index (χ3n) is 0.897. The molecule has 12 heavy (non-hydrogen) atoms. The summed E-state index contributed by atoms with van der Waals surface area (Å²) in [6.45, 7) is 5.62. The van der Waals surface area contributed by atoms with Crippen molar-refractivity contribution in [1.82, 2.24) is 10.2 Å². The topological polar surface area (TPSA) is 123 Å². The quantitative estimate of drug-likeness (QED) is 0.150. The van der Waals surface area contributed by atoms with E-state index in [1.165, 1.54) is 0 Å². The highest BCUT2D eigenvalue weighted by molar-refractivity contribution is 5.78. The lowest BCUT2D eigenvalue weighted by atomic mass is 10.1. The summed E-state index contributed by atoms with van der Waals surface area (Å²) in [7, 11) is 0. The van der Waals surface area contributed by atoms with Crippen molar-refractivity contribution in [3.8, 4) is 0 Å². The second-order valence-corrected chi connectivity index (χ2v) is 3.40. The van der Waals surface area contributed by atoms with Crippen LogP contribution in [0.25, 0.3) is 0 Å². The summed E-state index contributed by atoms with van der Waals surface area (Å²) in [6, 6.07) is 0. The van der Waals surface area contributed by atoms with Gasteiger partial charge in [0.2, 0.25) is 0 Å².